The zero-order chi connectivity index (χ0) is 78.7. The molecule has 28 nitrogen and oxygen atoms in total. The summed E-state index contributed by atoms with van der Waals surface area (Å²) < 4.78 is 169. The van der Waals surface area contributed by atoms with Crippen molar-refractivity contribution in [3.8, 4) is 0 Å². The SMILES string of the molecule is CC(C)(C)NC(=O)[C@@H]1CC2CCCCC2CN1C[C@@H](OC(=O)CCCCNC(=O)O[C@H]1[C@@H](C2COC(C)(C)O2)OC2OC(C)(C)O[C@H]21)[C@H](Cc1ccccc1)NC(=O)[C@H](CC(N)=O)NC(=O)c1ccc2ccccc2n1.O=C(O)C(F)(F)F.O=C(O)C(F)(F)F.O=C(O)C(F)(F)F.O=C(O)C(F)(F)F. The minimum Gasteiger partial charge on any atom is -0.475 e. The maximum atomic E-state index is 14.6. The number of nitrogens with zero attached hydrogens (tertiary/aromatic N) is 2. The van der Waals surface area contributed by atoms with Crippen LogP contribution in [-0.4, -0.2) is 213 Å². The smallest absolute Gasteiger partial charge is 0.475 e. The molecule has 5 fully saturated rings. The lowest BCUT2D eigenvalue weighted by Crippen LogP contribution is -2.61. The number of carboxylic acid groups (broad SMARTS) is 4. The van der Waals surface area contributed by atoms with E-state index in [0.717, 1.165) is 36.6 Å². The molecule has 3 aromatic rings. The van der Waals surface area contributed by atoms with E-state index in [4.69, 9.17) is 78.5 Å². The normalized spacial score (nSPS) is 22.8. The molecule has 0 radical (unpaired) electrons. The van der Waals surface area contributed by atoms with Crippen LogP contribution in [0.2, 0.25) is 0 Å². The number of pyridine rings is 1. The molecule has 4 saturated heterocycles. The first-order valence-corrected chi connectivity index (χ1v) is 31.9. The van der Waals surface area contributed by atoms with Gasteiger partial charge in [0.1, 0.15) is 30.0 Å². The van der Waals surface area contributed by atoms with Gasteiger partial charge in [0.05, 0.1) is 30.6 Å². The Kier molecular flexibility index (Phi) is 31.4. The fourth-order valence-electron chi connectivity index (χ4n) is 11.2. The molecular weight excluding hydrogens is 1430 g/mol. The van der Waals surface area contributed by atoms with Gasteiger partial charge in [-0.25, -0.2) is 29.0 Å². The number of carbonyl (C=O) groups excluding carboxylic acids is 6. The van der Waals surface area contributed by atoms with Gasteiger partial charge in [-0.15, -0.1) is 0 Å². The number of piperidine rings is 1. The molecule has 5 amide bonds. The molecule has 5 aliphatic rings. The zero-order valence-electron chi connectivity index (χ0n) is 56.8. The molecule has 582 valence electrons. The third kappa shape index (κ3) is 29.4. The number of rotatable bonds is 20. The number of hydrogen-bond donors (Lipinski definition) is 9. The number of likely N-dealkylation sites (tertiary alicyclic amines) is 1. The summed E-state index contributed by atoms with van der Waals surface area (Å²) in [4.78, 5) is 125. The summed E-state index contributed by atoms with van der Waals surface area (Å²) in [6, 6.07) is 17.0. The van der Waals surface area contributed by atoms with Crippen LogP contribution in [0.25, 0.3) is 10.9 Å². The molecule has 11 atom stereocenters. The number of unbranched alkanes of at least 4 members (excludes halogenated alkanes) is 1. The van der Waals surface area contributed by atoms with Crippen molar-refractivity contribution in [3.63, 3.8) is 0 Å². The van der Waals surface area contributed by atoms with Crippen LogP contribution < -0.4 is 27.0 Å². The second-order valence-corrected chi connectivity index (χ2v) is 26.1. The fourth-order valence-corrected chi connectivity index (χ4v) is 11.2. The van der Waals surface area contributed by atoms with Crippen molar-refractivity contribution >= 4 is 70.5 Å². The van der Waals surface area contributed by atoms with E-state index in [0.29, 0.717) is 43.2 Å². The summed E-state index contributed by atoms with van der Waals surface area (Å²) in [6.45, 7) is 14.0. The molecule has 104 heavy (non-hydrogen) atoms. The van der Waals surface area contributed by atoms with Crippen LogP contribution in [0.5, 0.6) is 0 Å². The van der Waals surface area contributed by atoms with E-state index in [9.17, 15) is 81.5 Å². The Bertz CT molecular complexity index is 3340. The number of para-hydroxylation sites is 1. The Labute approximate surface area is 585 Å². The molecule has 2 aromatic carbocycles. The van der Waals surface area contributed by atoms with E-state index in [1.165, 1.54) is 6.07 Å². The van der Waals surface area contributed by atoms with Crippen LogP contribution in [0.1, 0.15) is 122 Å². The zero-order valence-corrected chi connectivity index (χ0v) is 56.8. The third-order valence-electron chi connectivity index (χ3n) is 15.6. The third-order valence-corrected chi connectivity index (χ3v) is 15.6. The summed E-state index contributed by atoms with van der Waals surface area (Å²) in [5, 5.41) is 41.0. The summed E-state index contributed by atoms with van der Waals surface area (Å²) in [5.74, 6) is -15.1. The molecule has 1 saturated carbocycles. The standard InChI is InChI=1S/C56H77N7O13.4C2HF3O2/c1-54(2,3)62-51(68)41-28-35-20-11-12-21-36(35)30-63(41)31-42(71-45(65)23-15-16-26-58-53(69)73-47-46(43-32-70-55(4,5)74-43)72-52-48(47)75-56(6,7)76-52)39(27-33-17-9-8-10-18-33)60-50(67)40(29-44(57)64)61-49(66)38-25-24-34-19-13-14-22-37(34)59-38;4*3-2(4,5)1(6)7/h8-10,13-14,17-19,22,24-25,35-36,39-43,46-48,52H,11-12,15-16,20-21,23,26-32H2,1-7H3,(H2,57,64)(H,58,69)(H,60,67)(H,61,66)(H,62,68);4*(H,6,7)/t35?,36?,39-,40-,41-,42+,43?,46+,47-,48-,52?;;;;/m0..../s1. The fraction of sp³-hybridized carbons (Fsp3) is 0.609. The van der Waals surface area contributed by atoms with Crippen LogP contribution in [0.15, 0.2) is 66.7 Å². The monoisotopic (exact) mass is 1510 g/mol. The van der Waals surface area contributed by atoms with Gasteiger partial charge in [-0.3, -0.25) is 28.9 Å². The largest absolute Gasteiger partial charge is 0.490 e. The molecule has 0 spiro atoms. The topological polar surface area (TPSA) is 407 Å². The number of nitrogens with two attached hydrogens (primary N) is 1. The number of fused-ring (bicyclic) bond motifs is 3. The van der Waals surface area contributed by atoms with Crippen molar-refractivity contribution in [2.75, 3.05) is 26.2 Å². The van der Waals surface area contributed by atoms with E-state index in [2.05, 4.69) is 31.2 Å². The van der Waals surface area contributed by atoms with Crippen LogP contribution in [0.4, 0.5) is 57.5 Å². The maximum Gasteiger partial charge on any atom is 0.490 e. The molecular formula is C64H81F12N7O21. The Morgan fingerprint density at radius 2 is 1.23 bits per heavy atom. The molecule has 10 N–H and O–H groups in total. The number of hydrogen-bond acceptors (Lipinski definition) is 19. The highest BCUT2D eigenvalue weighted by atomic mass is 19.4. The highest BCUT2D eigenvalue weighted by Crippen LogP contribution is 2.43. The van der Waals surface area contributed by atoms with Gasteiger partial charge in [-0.05, 0) is 110 Å². The average molecular weight is 1510 g/mol. The molecule has 1 aliphatic carbocycles. The van der Waals surface area contributed by atoms with Crippen molar-refractivity contribution in [1.82, 2.24) is 31.2 Å². The Morgan fingerprint density at radius 1 is 0.683 bits per heavy atom. The number of esters is 1. The molecule has 40 heteroatoms. The molecule has 4 unspecified atom stereocenters. The van der Waals surface area contributed by atoms with Gasteiger partial charge < -0.3 is 80.6 Å². The number of benzene rings is 2. The lowest BCUT2D eigenvalue weighted by molar-refractivity contribution is -0.232. The first-order chi connectivity index (χ1) is 47.9. The van der Waals surface area contributed by atoms with E-state index >= 15 is 0 Å². The number of alkyl halides is 12. The average Bonchev–Trinajstić information content (AvgIpc) is 1.59. The predicted octanol–water partition coefficient (Wildman–Crippen LogP) is 7.47. The maximum absolute atomic E-state index is 14.6. The number of halogens is 12. The van der Waals surface area contributed by atoms with E-state index in [-0.39, 0.29) is 44.1 Å². The number of nitrogens with one attached hydrogen (secondary N) is 4. The number of aromatic nitrogens is 1. The van der Waals surface area contributed by atoms with Crippen LogP contribution in [0.3, 0.4) is 0 Å². The van der Waals surface area contributed by atoms with Crippen molar-refractivity contribution in [2.45, 2.75) is 209 Å². The Balaban J connectivity index is 0.000000687. The quantitative estimate of drug-likeness (QED) is 0.0301. The number of primary amides is 1. The van der Waals surface area contributed by atoms with Crippen molar-refractivity contribution in [3.05, 3.63) is 78.0 Å². The van der Waals surface area contributed by atoms with Crippen LogP contribution >= 0.6 is 0 Å². The van der Waals surface area contributed by atoms with Gasteiger partial charge in [0, 0.05) is 37.0 Å². The van der Waals surface area contributed by atoms with Gasteiger partial charge in [0.15, 0.2) is 30.1 Å². The van der Waals surface area contributed by atoms with Crippen LogP contribution in [-0.2, 0) is 77.9 Å². The van der Waals surface area contributed by atoms with Gasteiger partial charge in [0.25, 0.3) is 5.91 Å². The number of carboxylic acids is 4. The minimum atomic E-state index is -5.08. The first-order valence-electron chi connectivity index (χ1n) is 31.9. The van der Waals surface area contributed by atoms with Crippen LogP contribution in [0, 0.1) is 11.8 Å². The minimum absolute atomic E-state index is 0.0358. The molecule has 8 rings (SSSR count). The predicted molar refractivity (Wildman–Crippen MR) is 333 cm³/mol. The van der Waals surface area contributed by atoms with Gasteiger partial charge >= 0.3 is 60.6 Å². The summed E-state index contributed by atoms with van der Waals surface area (Å²) in [5.41, 5.74) is 6.60. The highest BCUT2D eigenvalue weighted by molar-refractivity contribution is 5.99. The number of ether oxygens (including phenoxy) is 7. The highest BCUT2D eigenvalue weighted by Gasteiger charge is 2.60. The lowest BCUT2D eigenvalue weighted by Gasteiger charge is -2.47. The molecule has 4 aliphatic heterocycles. The summed E-state index contributed by atoms with van der Waals surface area (Å²) in [6.07, 6.45) is -20.5. The first kappa shape index (κ1) is 87.7. The van der Waals surface area contributed by atoms with Gasteiger partial charge in [-0.1, -0.05) is 73.9 Å². The van der Waals surface area contributed by atoms with Crippen molar-refractivity contribution in [2.24, 2.45) is 17.6 Å². The Morgan fingerprint density at radius 3 is 1.76 bits per heavy atom. The lowest BCUT2D eigenvalue weighted by atomic mass is 9.72. The molecule has 0 bridgehead atoms. The van der Waals surface area contributed by atoms with E-state index in [1.807, 2.05) is 63.2 Å². The van der Waals surface area contributed by atoms with Gasteiger partial charge in [0.2, 0.25) is 17.7 Å². The summed E-state index contributed by atoms with van der Waals surface area (Å²) >= 11 is 0. The molecule has 5 heterocycles. The van der Waals surface area contributed by atoms with E-state index in [1.54, 1.807) is 45.9 Å². The van der Waals surface area contributed by atoms with Crippen molar-refractivity contribution < 1.29 is 154 Å². The van der Waals surface area contributed by atoms with Gasteiger partial charge in [-0.2, -0.15) is 52.7 Å². The van der Waals surface area contributed by atoms with Crippen molar-refractivity contribution in [1.29, 1.82) is 0 Å². The number of amides is 5. The van der Waals surface area contributed by atoms with E-state index < -0.39 is 157 Å². The molecule has 1 aromatic heterocycles. The Hall–Kier alpha value is -8.73. The number of aliphatic carboxylic acids is 4. The second-order valence-electron chi connectivity index (χ2n) is 26.1. The summed E-state index contributed by atoms with van der Waals surface area (Å²) in [7, 11) is 0. The number of alkyl carbamates (subject to hydrolysis) is 1. The second kappa shape index (κ2) is 37.3. The number of carbonyl (C=O) groups is 10.